The molecule has 6 aromatic heterocycles. The van der Waals surface area contributed by atoms with Crippen molar-refractivity contribution >= 4 is 99.4 Å². The molecular formula is C50H29N7O. The number of imidazole rings is 4. The first-order valence-electron chi connectivity index (χ1n) is 19.5. The van der Waals surface area contributed by atoms with Gasteiger partial charge in [-0.2, -0.15) is 0 Å². The van der Waals surface area contributed by atoms with Crippen LogP contribution in [-0.2, 0) is 0 Å². The van der Waals surface area contributed by atoms with Crippen molar-refractivity contribution in [1.82, 2.24) is 32.5 Å². The highest BCUT2D eigenvalue weighted by atomic mass is 16.3. The topological polar surface area (TPSA) is 62.5 Å². The zero-order valence-corrected chi connectivity index (χ0v) is 30.8. The third-order valence-corrected chi connectivity index (χ3v) is 12.1. The monoisotopic (exact) mass is 743 g/mol. The molecule has 0 spiro atoms. The highest BCUT2D eigenvalue weighted by Gasteiger charge is 2.24. The van der Waals surface area contributed by atoms with Gasteiger partial charge < -0.3 is 8.98 Å². The number of fused-ring (bicyclic) bond motifs is 16. The van der Waals surface area contributed by atoms with Crippen LogP contribution in [0.2, 0.25) is 0 Å². The summed E-state index contributed by atoms with van der Waals surface area (Å²) in [6, 6.07) is 62.1. The van der Waals surface area contributed by atoms with Crippen molar-refractivity contribution < 1.29 is 4.42 Å². The van der Waals surface area contributed by atoms with Gasteiger partial charge in [0.05, 0.1) is 71.9 Å². The molecule has 0 saturated carbocycles. The summed E-state index contributed by atoms with van der Waals surface area (Å²) in [4.78, 5) is 10.3. The quantitative estimate of drug-likeness (QED) is 0.181. The van der Waals surface area contributed by atoms with Crippen molar-refractivity contribution in [2.24, 2.45) is 0 Å². The van der Waals surface area contributed by atoms with Crippen molar-refractivity contribution in [3.63, 3.8) is 0 Å². The largest absolute Gasteiger partial charge is 0.454 e. The SMILES string of the molecule is c1ccc2c(c1)nc1n(-c3ccc4c(c3)c3ccccc3n4-c3cccc4oc5c(-n6c7ccccc7n7c8ccccc8nc67)cccc5c34)c3ccccc3n21. The first kappa shape index (κ1) is 30.2. The van der Waals surface area contributed by atoms with E-state index >= 15 is 0 Å². The number of nitrogens with zero attached hydrogens (tertiary/aromatic N) is 7. The van der Waals surface area contributed by atoms with Gasteiger partial charge in [-0.1, -0.05) is 84.9 Å². The van der Waals surface area contributed by atoms with Gasteiger partial charge in [0, 0.05) is 21.8 Å². The summed E-state index contributed by atoms with van der Waals surface area (Å²) in [7, 11) is 0. The van der Waals surface area contributed by atoms with Crippen molar-refractivity contribution in [2.75, 3.05) is 0 Å². The highest BCUT2D eigenvalue weighted by Crippen LogP contribution is 2.42. The number of aromatic nitrogens is 7. The van der Waals surface area contributed by atoms with Crippen LogP contribution in [0, 0.1) is 0 Å². The lowest BCUT2D eigenvalue weighted by Gasteiger charge is -2.11. The number of hydrogen-bond acceptors (Lipinski definition) is 3. The van der Waals surface area contributed by atoms with E-state index in [9.17, 15) is 0 Å². The number of furan rings is 1. The van der Waals surface area contributed by atoms with E-state index in [4.69, 9.17) is 14.4 Å². The first-order chi connectivity index (χ1) is 28.8. The van der Waals surface area contributed by atoms with Crippen LogP contribution in [0.1, 0.15) is 0 Å². The second-order valence-electron chi connectivity index (χ2n) is 15.1. The summed E-state index contributed by atoms with van der Waals surface area (Å²) in [5.41, 5.74) is 15.5. The molecular weight excluding hydrogens is 715 g/mol. The van der Waals surface area contributed by atoms with Crippen molar-refractivity contribution in [3.05, 3.63) is 176 Å². The van der Waals surface area contributed by atoms with Crippen LogP contribution in [0.25, 0.3) is 116 Å². The Bertz CT molecular complexity index is 4050. The van der Waals surface area contributed by atoms with Crippen molar-refractivity contribution in [2.45, 2.75) is 0 Å². The second kappa shape index (κ2) is 10.8. The Kier molecular flexibility index (Phi) is 5.62. The molecule has 6 heterocycles. The number of para-hydroxylation sites is 10. The summed E-state index contributed by atoms with van der Waals surface area (Å²) >= 11 is 0. The van der Waals surface area contributed by atoms with E-state index in [1.807, 2.05) is 6.07 Å². The average Bonchev–Trinajstić information content (AvgIpc) is 4.11. The van der Waals surface area contributed by atoms with Gasteiger partial charge >= 0.3 is 0 Å². The molecule has 0 saturated heterocycles. The molecule has 8 aromatic carbocycles. The van der Waals surface area contributed by atoms with Gasteiger partial charge in [0.1, 0.15) is 5.58 Å². The lowest BCUT2D eigenvalue weighted by Crippen LogP contribution is -1.97. The minimum Gasteiger partial charge on any atom is -0.454 e. The van der Waals surface area contributed by atoms with Gasteiger partial charge in [0.25, 0.3) is 0 Å². The highest BCUT2D eigenvalue weighted by molar-refractivity contribution is 6.16. The molecule has 8 heteroatoms. The molecule has 14 rings (SSSR count). The molecule has 0 radical (unpaired) electrons. The van der Waals surface area contributed by atoms with Crippen LogP contribution >= 0.6 is 0 Å². The Morgan fingerprint density at radius 2 is 0.897 bits per heavy atom. The zero-order chi connectivity index (χ0) is 37.6. The maximum absolute atomic E-state index is 6.93. The fraction of sp³-hybridized carbons (Fsp3) is 0. The molecule has 0 aliphatic heterocycles. The fourth-order valence-corrected chi connectivity index (χ4v) is 9.73. The fourth-order valence-electron chi connectivity index (χ4n) is 9.73. The van der Waals surface area contributed by atoms with E-state index in [1.54, 1.807) is 0 Å². The minimum absolute atomic E-state index is 0.818. The van der Waals surface area contributed by atoms with Gasteiger partial charge in [0.15, 0.2) is 5.58 Å². The van der Waals surface area contributed by atoms with E-state index < -0.39 is 0 Å². The van der Waals surface area contributed by atoms with E-state index in [-0.39, 0.29) is 0 Å². The zero-order valence-electron chi connectivity index (χ0n) is 30.8. The van der Waals surface area contributed by atoms with Gasteiger partial charge in [-0.05, 0) is 91.0 Å². The lowest BCUT2D eigenvalue weighted by molar-refractivity contribution is 0.666. The van der Waals surface area contributed by atoms with Gasteiger partial charge in [-0.25, -0.2) is 9.97 Å². The molecule has 0 bridgehead atoms. The van der Waals surface area contributed by atoms with Crippen LogP contribution in [0.4, 0.5) is 0 Å². The van der Waals surface area contributed by atoms with Gasteiger partial charge in [-0.3, -0.25) is 17.9 Å². The van der Waals surface area contributed by atoms with Crippen LogP contribution in [0.5, 0.6) is 0 Å². The molecule has 0 fully saturated rings. The van der Waals surface area contributed by atoms with Crippen molar-refractivity contribution in [3.8, 4) is 17.1 Å². The first-order valence-corrected chi connectivity index (χ1v) is 19.5. The van der Waals surface area contributed by atoms with Crippen LogP contribution in [0.3, 0.4) is 0 Å². The number of benzene rings is 8. The third kappa shape index (κ3) is 3.74. The molecule has 8 nitrogen and oxygen atoms in total. The summed E-state index contributed by atoms with van der Waals surface area (Å²) in [6.45, 7) is 0. The maximum Gasteiger partial charge on any atom is 0.220 e. The Morgan fingerprint density at radius 3 is 1.62 bits per heavy atom. The van der Waals surface area contributed by atoms with E-state index in [0.717, 1.165) is 106 Å². The number of hydrogen-bond donors (Lipinski definition) is 0. The average molecular weight is 744 g/mol. The minimum atomic E-state index is 0.818. The Labute approximate surface area is 328 Å². The summed E-state index contributed by atoms with van der Waals surface area (Å²) < 4.78 is 18.4. The Morgan fingerprint density at radius 1 is 0.362 bits per heavy atom. The van der Waals surface area contributed by atoms with Crippen LogP contribution in [0.15, 0.2) is 180 Å². The molecule has 0 unspecified atom stereocenters. The molecule has 0 atom stereocenters. The maximum atomic E-state index is 6.93. The third-order valence-electron chi connectivity index (χ3n) is 12.1. The summed E-state index contributed by atoms with van der Waals surface area (Å²) in [6.07, 6.45) is 0. The molecule has 58 heavy (non-hydrogen) atoms. The predicted octanol–water partition coefficient (Wildman–Crippen LogP) is 12.2. The second-order valence-corrected chi connectivity index (χ2v) is 15.1. The molecule has 0 aliphatic carbocycles. The molecule has 14 aromatic rings. The molecule has 0 aliphatic rings. The number of rotatable bonds is 3. The molecule has 0 amide bonds. The summed E-state index contributed by atoms with van der Waals surface area (Å²) in [5, 5.41) is 4.45. The van der Waals surface area contributed by atoms with E-state index in [1.165, 1.54) is 10.8 Å². The van der Waals surface area contributed by atoms with Crippen molar-refractivity contribution in [1.29, 1.82) is 0 Å². The standard InChI is InChI=1S/C50H29N7O/c1-4-17-36-31(13-1)33-29-30(53-40-20-7-8-21-41(40)55-38-18-5-2-15-34(38)51-49(53)55)27-28-37(33)54(36)44-24-12-26-46-47(44)32-14-11-25-45(48(32)58-46)57-43-23-10-9-22-42(43)56-39-19-6-3-16-35(39)52-50(56)57/h1-29H. The van der Waals surface area contributed by atoms with E-state index in [2.05, 4.69) is 192 Å². The van der Waals surface area contributed by atoms with Crippen LogP contribution < -0.4 is 0 Å². The van der Waals surface area contributed by atoms with Crippen LogP contribution in [-0.4, -0.2) is 32.5 Å². The summed E-state index contributed by atoms with van der Waals surface area (Å²) in [5.74, 6) is 1.75. The van der Waals surface area contributed by atoms with Gasteiger partial charge in [-0.15, -0.1) is 0 Å². The Hall–Kier alpha value is -8.10. The Balaban J connectivity index is 1.03. The van der Waals surface area contributed by atoms with Gasteiger partial charge in [0.2, 0.25) is 11.6 Å². The predicted molar refractivity (Wildman–Crippen MR) is 234 cm³/mol. The smallest absolute Gasteiger partial charge is 0.220 e. The normalized spacial score (nSPS) is 12.5. The molecule has 270 valence electrons. The molecule has 0 N–H and O–H groups in total. The van der Waals surface area contributed by atoms with E-state index in [0.29, 0.717) is 0 Å². The lowest BCUT2D eigenvalue weighted by atomic mass is 10.1.